The van der Waals surface area contributed by atoms with Crippen LogP contribution in [-0.2, 0) is 4.79 Å². The minimum absolute atomic E-state index is 0. The van der Waals surface area contributed by atoms with Crippen molar-refractivity contribution in [1.82, 2.24) is 15.5 Å². The number of likely N-dealkylation sites (tertiary alicyclic amines) is 1. The molecule has 0 aromatic rings. The highest BCUT2D eigenvalue weighted by molar-refractivity contribution is 14.0. The van der Waals surface area contributed by atoms with E-state index < -0.39 is 0 Å². The molecule has 2 N–H and O–H groups in total. The van der Waals surface area contributed by atoms with Crippen LogP contribution in [0.3, 0.4) is 0 Å². The Morgan fingerprint density at radius 3 is 2.53 bits per heavy atom. The van der Waals surface area contributed by atoms with E-state index in [-0.39, 0.29) is 36.4 Å². The highest BCUT2D eigenvalue weighted by atomic mass is 127. The van der Waals surface area contributed by atoms with Crippen LogP contribution in [0.2, 0.25) is 0 Å². The summed E-state index contributed by atoms with van der Waals surface area (Å²) in [5.41, 5.74) is 0. The number of piperidine rings is 1. The van der Waals surface area contributed by atoms with Gasteiger partial charge in [-0.15, -0.1) is 24.0 Å². The molecule has 1 heterocycles. The Hall–Kier alpha value is -0.530. The number of guanidine groups is 1. The molecule has 2 rings (SSSR count). The van der Waals surface area contributed by atoms with Crippen LogP contribution in [0.25, 0.3) is 0 Å². The predicted octanol–water partition coefficient (Wildman–Crippen LogP) is 1.33. The molecule has 1 amide bonds. The smallest absolute Gasteiger partial charge is 0.244 e. The zero-order chi connectivity index (χ0) is 12.8. The van der Waals surface area contributed by atoms with E-state index in [0.717, 1.165) is 38.4 Å². The first-order valence-electron chi connectivity index (χ1n) is 7.12. The zero-order valence-corrected chi connectivity index (χ0v) is 14.0. The molecule has 0 bridgehead atoms. The first kappa shape index (κ1) is 16.5. The number of nitrogens with zero attached hydrogens (tertiary/aromatic N) is 2. The number of carbonyl (C=O) groups is 1. The van der Waals surface area contributed by atoms with Crippen molar-refractivity contribution < 1.29 is 4.79 Å². The van der Waals surface area contributed by atoms with Crippen molar-refractivity contribution >= 4 is 35.8 Å². The van der Waals surface area contributed by atoms with E-state index >= 15 is 0 Å². The second kappa shape index (κ2) is 8.60. The van der Waals surface area contributed by atoms with Crippen molar-refractivity contribution in [3.8, 4) is 0 Å². The molecule has 2 fully saturated rings. The van der Waals surface area contributed by atoms with Gasteiger partial charge in [0.05, 0.1) is 0 Å². The predicted molar refractivity (Wildman–Crippen MR) is 88.0 cm³/mol. The van der Waals surface area contributed by atoms with Crippen LogP contribution in [0.15, 0.2) is 4.99 Å². The lowest BCUT2D eigenvalue weighted by atomic mass is 10.1. The van der Waals surface area contributed by atoms with Crippen LogP contribution >= 0.6 is 24.0 Å². The summed E-state index contributed by atoms with van der Waals surface area (Å²) in [5, 5.41) is 6.50. The van der Waals surface area contributed by atoms with Crippen LogP contribution in [0, 0.1) is 0 Å². The molecule has 0 spiro atoms. The number of nitrogens with one attached hydrogen (secondary N) is 2. The molecule has 0 aromatic carbocycles. The van der Waals surface area contributed by atoms with Crippen molar-refractivity contribution in [3.63, 3.8) is 0 Å². The summed E-state index contributed by atoms with van der Waals surface area (Å²) in [6.07, 6.45) is 5.94. The van der Waals surface area contributed by atoms with Crippen LogP contribution in [0.1, 0.15) is 39.0 Å². The fourth-order valence-corrected chi connectivity index (χ4v) is 2.13. The molecule has 0 aromatic heterocycles. The molecule has 1 aliphatic carbocycles. The number of halogens is 1. The molecule has 1 saturated carbocycles. The Bertz CT molecular complexity index is 312. The Balaban J connectivity index is 0.00000180. The third-order valence-electron chi connectivity index (χ3n) is 3.34. The van der Waals surface area contributed by atoms with Gasteiger partial charge in [0.15, 0.2) is 5.96 Å². The molecule has 0 unspecified atom stereocenters. The van der Waals surface area contributed by atoms with Gasteiger partial charge in [0.25, 0.3) is 0 Å². The molecule has 1 saturated heterocycles. The van der Waals surface area contributed by atoms with E-state index in [1.165, 1.54) is 19.3 Å². The second-order valence-electron chi connectivity index (χ2n) is 5.06. The fourth-order valence-electron chi connectivity index (χ4n) is 2.13. The zero-order valence-electron chi connectivity index (χ0n) is 11.7. The maximum absolute atomic E-state index is 12.0. The minimum atomic E-state index is 0. The standard InChI is InChI=1S/C13H24N4O.HI/c1-2-14-13(16-11-6-7-11)15-10-12(18)17-8-4-3-5-9-17;/h11H,2-10H2,1H3,(H2,14,15,16);1H. The number of hydrogen-bond acceptors (Lipinski definition) is 2. The van der Waals surface area contributed by atoms with Crippen molar-refractivity contribution in [1.29, 1.82) is 0 Å². The van der Waals surface area contributed by atoms with E-state index in [2.05, 4.69) is 15.6 Å². The molecule has 110 valence electrons. The van der Waals surface area contributed by atoms with Gasteiger partial charge in [-0.05, 0) is 39.0 Å². The second-order valence-corrected chi connectivity index (χ2v) is 5.06. The molecule has 0 atom stereocenters. The average Bonchev–Trinajstić information content (AvgIpc) is 3.21. The number of carbonyl (C=O) groups excluding carboxylic acids is 1. The maximum atomic E-state index is 12.0. The fraction of sp³-hybridized carbons (Fsp3) is 0.846. The van der Waals surface area contributed by atoms with Crippen molar-refractivity contribution in [2.24, 2.45) is 4.99 Å². The lowest BCUT2D eigenvalue weighted by Crippen LogP contribution is -2.41. The summed E-state index contributed by atoms with van der Waals surface area (Å²) < 4.78 is 0. The number of rotatable bonds is 4. The summed E-state index contributed by atoms with van der Waals surface area (Å²) in [4.78, 5) is 18.3. The highest BCUT2D eigenvalue weighted by Crippen LogP contribution is 2.18. The van der Waals surface area contributed by atoms with Gasteiger partial charge in [0.2, 0.25) is 5.91 Å². The number of amides is 1. The summed E-state index contributed by atoms with van der Waals surface area (Å²) in [7, 11) is 0. The van der Waals surface area contributed by atoms with Crippen LogP contribution in [0.4, 0.5) is 0 Å². The van der Waals surface area contributed by atoms with Crippen LogP contribution in [-0.4, -0.2) is 49.0 Å². The van der Waals surface area contributed by atoms with Gasteiger partial charge < -0.3 is 15.5 Å². The Morgan fingerprint density at radius 1 is 1.26 bits per heavy atom. The van der Waals surface area contributed by atoms with E-state index in [9.17, 15) is 4.79 Å². The van der Waals surface area contributed by atoms with E-state index in [1.54, 1.807) is 0 Å². The van der Waals surface area contributed by atoms with Crippen molar-refractivity contribution in [2.45, 2.75) is 45.1 Å². The number of hydrogen-bond donors (Lipinski definition) is 2. The Morgan fingerprint density at radius 2 is 1.95 bits per heavy atom. The van der Waals surface area contributed by atoms with E-state index in [4.69, 9.17) is 0 Å². The van der Waals surface area contributed by atoms with E-state index in [1.807, 2.05) is 11.8 Å². The monoisotopic (exact) mass is 380 g/mol. The normalized spacial score (nSPS) is 19.6. The lowest BCUT2D eigenvalue weighted by Gasteiger charge is -2.26. The molecular formula is C13H25IN4O. The van der Waals surface area contributed by atoms with Crippen LogP contribution in [0.5, 0.6) is 0 Å². The summed E-state index contributed by atoms with van der Waals surface area (Å²) >= 11 is 0. The van der Waals surface area contributed by atoms with Gasteiger partial charge in [0, 0.05) is 25.7 Å². The first-order chi connectivity index (χ1) is 8.79. The van der Waals surface area contributed by atoms with Gasteiger partial charge in [-0.25, -0.2) is 4.99 Å². The molecule has 0 radical (unpaired) electrons. The molecule has 6 heteroatoms. The minimum Gasteiger partial charge on any atom is -0.357 e. The summed E-state index contributed by atoms with van der Waals surface area (Å²) in [5.74, 6) is 0.938. The summed E-state index contributed by atoms with van der Waals surface area (Å²) in [6.45, 7) is 4.94. The Labute approximate surface area is 132 Å². The summed E-state index contributed by atoms with van der Waals surface area (Å²) in [6, 6.07) is 0.563. The maximum Gasteiger partial charge on any atom is 0.244 e. The largest absolute Gasteiger partial charge is 0.357 e. The van der Waals surface area contributed by atoms with Gasteiger partial charge in [-0.3, -0.25) is 4.79 Å². The molecule has 5 nitrogen and oxygen atoms in total. The topological polar surface area (TPSA) is 56.7 Å². The van der Waals surface area contributed by atoms with Crippen molar-refractivity contribution in [2.75, 3.05) is 26.2 Å². The molecular weight excluding hydrogens is 355 g/mol. The SMILES string of the molecule is CCNC(=NCC(=O)N1CCCCC1)NC1CC1.I. The quantitative estimate of drug-likeness (QED) is 0.440. The highest BCUT2D eigenvalue weighted by Gasteiger charge is 2.22. The molecule has 2 aliphatic rings. The first-order valence-corrected chi connectivity index (χ1v) is 7.12. The molecule has 1 aliphatic heterocycles. The average molecular weight is 380 g/mol. The van der Waals surface area contributed by atoms with Gasteiger partial charge in [0.1, 0.15) is 6.54 Å². The van der Waals surface area contributed by atoms with Crippen molar-refractivity contribution in [3.05, 3.63) is 0 Å². The van der Waals surface area contributed by atoms with Gasteiger partial charge >= 0.3 is 0 Å². The lowest BCUT2D eigenvalue weighted by molar-refractivity contribution is -0.130. The third-order valence-corrected chi connectivity index (χ3v) is 3.34. The van der Waals surface area contributed by atoms with Gasteiger partial charge in [-0.1, -0.05) is 0 Å². The van der Waals surface area contributed by atoms with Crippen LogP contribution < -0.4 is 10.6 Å². The van der Waals surface area contributed by atoms with E-state index in [0.29, 0.717) is 6.04 Å². The molecule has 19 heavy (non-hydrogen) atoms. The Kier molecular flexibility index (Phi) is 7.48. The van der Waals surface area contributed by atoms with Gasteiger partial charge in [-0.2, -0.15) is 0 Å². The number of aliphatic imine (C=N–C) groups is 1. The third kappa shape index (κ3) is 5.97.